The zero-order valence-electron chi connectivity index (χ0n) is 8.99. The van der Waals surface area contributed by atoms with Crippen LogP contribution in [0.1, 0.15) is 23.2 Å². The summed E-state index contributed by atoms with van der Waals surface area (Å²) in [6.45, 7) is 1.45. The van der Waals surface area contributed by atoms with Gasteiger partial charge in [0.2, 0.25) is 0 Å². The van der Waals surface area contributed by atoms with E-state index in [4.69, 9.17) is 11.6 Å². The number of unbranched alkanes of at least 4 members (excludes halogenated alkanes) is 1. The number of benzene rings is 1. The maximum absolute atomic E-state index is 11.8. The lowest BCUT2D eigenvalue weighted by Gasteiger charge is -2.26. The Balaban J connectivity index is 2.01. The van der Waals surface area contributed by atoms with E-state index in [0.29, 0.717) is 12.4 Å². The number of Topliss-reactive ketones (excluding diaryl/α,β-unsaturated/α-hetero) is 1. The molecule has 1 aromatic rings. The Hall–Kier alpha value is -0.510. The van der Waals surface area contributed by atoms with Crippen molar-refractivity contribution in [2.75, 3.05) is 19.0 Å². The number of ketones is 1. The number of hydrogen-bond acceptors (Lipinski definition) is 3. The van der Waals surface area contributed by atoms with Crippen molar-refractivity contribution in [1.82, 2.24) is 4.31 Å². The molecule has 1 aliphatic heterocycles. The van der Waals surface area contributed by atoms with Crippen LogP contribution in [0.25, 0.3) is 0 Å². The molecule has 0 aliphatic carbocycles. The molecule has 0 radical (unpaired) electrons. The van der Waals surface area contributed by atoms with Crippen molar-refractivity contribution in [2.45, 2.75) is 17.7 Å². The van der Waals surface area contributed by atoms with E-state index >= 15 is 0 Å². The fraction of sp³-hybridized carbons (Fsp3) is 0.417. The Labute approximate surface area is 105 Å². The third-order valence-electron chi connectivity index (χ3n) is 2.53. The summed E-state index contributed by atoms with van der Waals surface area (Å²) in [5.74, 6) is 0.920. The van der Waals surface area contributed by atoms with Gasteiger partial charge in [0.15, 0.2) is 5.78 Å². The van der Waals surface area contributed by atoms with E-state index in [0.717, 1.165) is 29.8 Å². The van der Waals surface area contributed by atoms with Crippen LogP contribution in [0.5, 0.6) is 0 Å². The zero-order valence-corrected chi connectivity index (χ0v) is 10.6. The second-order valence-corrected chi connectivity index (χ2v) is 5.29. The van der Waals surface area contributed by atoms with Crippen LogP contribution in [-0.2, 0) is 0 Å². The van der Waals surface area contributed by atoms with Gasteiger partial charge in [-0.3, -0.25) is 4.79 Å². The van der Waals surface area contributed by atoms with Gasteiger partial charge in [-0.05, 0) is 30.9 Å². The summed E-state index contributed by atoms with van der Waals surface area (Å²) in [6, 6.07) is 7.80. The Kier molecular flexibility index (Phi) is 4.27. The quantitative estimate of drug-likeness (QED) is 0.468. The van der Waals surface area contributed by atoms with Crippen molar-refractivity contribution in [2.24, 2.45) is 0 Å². The van der Waals surface area contributed by atoms with E-state index in [2.05, 4.69) is 4.31 Å². The van der Waals surface area contributed by atoms with Gasteiger partial charge in [0.25, 0.3) is 0 Å². The summed E-state index contributed by atoms with van der Waals surface area (Å²) in [5.41, 5.74) is 0.862. The summed E-state index contributed by atoms with van der Waals surface area (Å²) in [4.78, 5) is 12.9. The van der Waals surface area contributed by atoms with Crippen LogP contribution in [0.4, 0.5) is 0 Å². The monoisotopic (exact) mass is 255 g/mol. The molecule has 0 spiro atoms. The molecular formula is C12H14ClNOS. The summed E-state index contributed by atoms with van der Waals surface area (Å²) >= 11 is 7.32. The standard InChI is InChI=1S/C12H14ClNOS/c13-7-3-4-8-14-9-11(15)10-5-1-2-6-12(10)16-14/h1-2,5-6H,3-4,7-9H2. The second-order valence-electron chi connectivity index (χ2n) is 3.77. The summed E-state index contributed by atoms with van der Waals surface area (Å²) in [7, 11) is 0. The van der Waals surface area contributed by atoms with Crippen molar-refractivity contribution < 1.29 is 4.79 Å². The number of nitrogens with zero attached hydrogens (tertiary/aromatic N) is 1. The van der Waals surface area contributed by atoms with Crippen LogP contribution in [0, 0.1) is 0 Å². The fourth-order valence-corrected chi connectivity index (χ4v) is 2.99. The van der Waals surface area contributed by atoms with Gasteiger partial charge in [0.1, 0.15) is 0 Å². The molecule has 2 rings (SSSR count). The average Bonchev–Trinajstić information content (AvgIpc) is 2.30. The first-order valence-electron chi connectivity index (χ1n) is 5.42. The van der Waals surface area contributed by atoms with Gasteiger partial charge in [-0.15, -0.1) is 11.6 Å². The minimum atomic E-state index is 0.222. The van der Waals surface area contributed by atoms with Crippen molar-refractivity contribution in [3.63, 3.8) is 0 Å². The number of carbonyl (C=O) groups excluding carboxylic acids is 1. The molecule has 2 nitrogen and oxygen atoms in total. The van der Waals surface area contributed by atoms with E-state index in [1.54, 1.807) is 11.9 Å². The molecule has 0 saturated carbocycles. The highest BCUT2D eigenvalue weighted by atomic mass is 35.5. The number of carbonyl (C=O) groups is 1. The summed E-state index contributed by atoms with van der Waals surface area (Å²) in [6.07, 6.45) is 2.06. The highest BCUT2D eigenvalue weighted by Crippen LogP contribution is 2.31. The van der Waals surface area contributed by atoms with E-state index in [1.165, 1.54) is 0 Å². The summed E-state index contributed by atoms with van der Waals surface area (Å²) in [5, 5.41) is 0. The second kappa shape index (κ2) is 5.71. The van der Waals surface area contributed by atoms with Gasteiger partial charge in [-0.2, -0.15) is 0 Å². The Bertz CT molecular complexity index is 383. The van der Waals surface area contributed by atoms with Gasteiger partial charge < -0.3 is 0 Å². The van der Waals surface area contributed by atoms with Gasteiger partial charge in [0.05, 0.1) is 6.54 Å². The fourth-order valence-electron chi connectivity index (χ4n) is 1.70. The molecule has 0 aromatic heterocycles. The third kappa shape index (κ3) is 2.78. The molecule has 4 heteroatoms. The molecule has 1 aliphatic rings. The van der Waals surface area contributed by atoms with E-state index in [-0.39, 0.29) is 5.78 Å². The minimum absolute atomic E-state index is 0.222. The lowest BCUT2D eigenvalue weighted by molar-refractivity contribution is 0.0962. The molecule has 1 aromatic carbocycles. The molecular weight excluding hydrogens is 242 g/mol. The van der Waals surface area contributed by atoms with Crippen molar-refractivity contribution in [3.8, 4) is 0 Å². The van der Waals surface area contributed by atoms with Gasteiger partial charge in [-0.1, -0.05) is 18.2 Å². The van der Waals surface area contributed by atoms with E-state index in [9.17, 15) is 4.79 Å². The number of hydrogen-bond donors (Lipinski definition) is 0. The van der Waals surface area contributed by atoms with Gasteiger partial charge >= 0.3 is 0 Å². The Morgan fingerprint density at radius 1 is 1.31 bits per heavy atom. The van der Waals surface area contributed by atoms with Gasteiger partial charge in [-0.25, -0.2) is 4.31 Å². The molecule has 1 heterocycles. The first kappa shape index (κ1) is 12.0. The zero-order chi connectivity index (χ0) is 11.4. The molecule has 0 fully saturated rings. The summed E-state index contributed by atoms with van der Waals surface area (Å²) < 4.78 is 2.12. The van der Waals surface area contributed by atoms with Crippen molar-refractivity contribution >= 4 is 29.3 Å². The molecule has 16 heavy (non-hydrogen) atoms. The molecule has 0 saturated heterocycles. The van der Waals surface area contributed by atoms with E-state index < -0.39 is 0 Å². The molecule has 86 valence electrons. The predicted molar refractivity (Wildman–Crippen MR) is 68.2 cm³/mol. The third-order valence-corrected chi connectivity index (χ3v) is 3.92. The topological polar surface area (TPSA) is 20.3 Å². The predicted octanol–water partition coefficient (Wildman–Crippen LogP) is 3.21. The van der Waals surface area contributed by atoms with E-state index in [1.807, 2.05) is 24.3 Å². The highest BCUT2D eigenvalue weighted by molar-refractivity contribution is 7.97. The van der Waals surface area contributed by atoms with Crippen LogP contribution in [-0.4, -0.2) is 29.1 Å². The van der Waals surface area contributed by atoms with Crippen LogP contribution >= 0.6 is 23.5 Å². The Morgan fingerprint density at radius 3 is 2.94 bits per heavy atom. The maximum Gasteiger partial charge on any atom is 0.178 e. The Morgan fingerprint density at radius 2 is 2.12 bits per heavy atom. The highest BCUT2D eigenvalue weighted by Gasteiger charge is 2.22. The average molecular weight is 256 g/mol. The molecule has 0 bridgehead atoms. The van der Waals surface area contributed by atoms with Crippen molar-refractivity contribution in [1.29, 1.82) is 0 Å². The van der Waals surface area contributed by atoms with Crippen LogP contribution in [0.2, 0.25) is 0 Å². The number of rotatable bonds is 4. The normalized spacial score (nSPS) is 16.2. The molecule has 0 unspecified atom stereocenters. The molecule has 0 amide bonds. The lowest BCUT2D eigenvalue weighted by Crippen LogP contribution is -2.29. The maximum atomic E-state index is 11.8. The van der Waals surface area contributed by atoms with Crippen LogP contribution in [0.3, 0.4) is 0 Å². The molecule has 0 N–H and O–H groups in total. The number of alkyl halides is 1. The smallest absolute Gasteiger partial charge is 0.178 e. The first-order valence-corrected chi connectivity index (χ1v) is 6.73. The minimum Gasteiger partial charge on any atom is -0.293 e. The van der Waals surface area contributed by atoms with Gasteiger partial charge in [0, 0.05) is 22.9 Å². The van der Waals surface area contributed by atoms with Crippen LogP contribution in [0.15, 0.2) is 29.2 Å². The van der Waals surface area contributed by atoms with Crippen LogP contribution < -0.4 is 0 Å². The largest absolute Gasteiger partial charge is 0.293 e. The number of fused-ring (bicyclic) bond motifs is 1. The SMILES string of the molecule is O=C1CN(CCCCCl)Sc2ccccc21. The number of halogens is 1. The lowest BCUT2D eigenvalue weighted by atomic mass is 10.1. The first-order chi connectivity index (χ1) is 7.81. The van der Waals surface area contributed by atoms with Crippen molar-refractivity contribution in [3.05, 3.63) is 29.8 Å². The molecule has 0 atom stereocenters.